The van der Waals surface area contributed by atoms with Crippen molar-refractivity contribution in [1.82, 2.24) is 4.90 Å². The zero-order chi connectivity index (χ0) is 12.1. The first-order valence-electron chi connectivity index (χ1n) is 6.63. The SMILES string of the molecule is O=C1CCN(C(=O)CSCC2CCCC2)CC1. The van der Waals surface area contributed by atoms with Crippen molar-refractivity contribution in [2.75, 3.05) is 24.6 Å². The molecular weight excluding hydrogens is 234 g/mol. The zero-order valence-electron chi connectivity index (χ0n) is 10.3. The predicted octanol–water partition coefficient (Wildman–Crippen LogP) is 2.10. The van der Waals surface area contributed by atoms with Crippen molar-refractivity contribution in [3.05, 3.63) is 0 Å². The van der Waals surface area contributed by atoms with Crippen molar-refractivity contribution in [2.45, 2.75) is 38.5 Å². The fourth-order valence-corrected chi connectivity index (χ4v) is 3.73. The highest BCUT2D eigenvalue weighted by molar-refractivity contribution is 7.99. The van der Waals surface area contributed by atoms with Crippen LogP contribution in [0.2, 0.25) is 0 Å². The average molecular weight is 255 g/mol. The molecule has 0 bridgehead atoms. The van der Waals surface area contributed by atoms with Crippen LogP contribution >= 0.6 is 11.8 Å². The second-order valence-corrected chi connectivity index (χ2v) is 6.12. The summed E-state index contributed by atoms with van der Waals surface area (Å²) < 4.78 is 0. The molecule has 0 aromatic carbocycles. The number of ketones is 1. The van der Waals surface area contributed by atoms with Crippen molar-refractivity contribution < 1.29 is 9.59 Å². The average Bonchev–Trinajstić information content (AvgIpc) is 2.83. The molecule has 17 heavy (non-hydrogen) atoms. The van der Waals surface area contributed by atoms with E-state index in [1.165, 1.54) is 25.7 Å². The molecule has 2 aliphatic rings. The number of nitrogens with zero attached hydrogens (tertiary/aromatic N) is 1. The maximum atomic E-state index is 11.9. The lowest BCUT2D eigenvalue weighted by Crippen LogP contribution is -2.39. The maximum Gasteiger partial charge on any atom is 0.232 e. The van der Waals surface area contributed by atoms with Gasteiger partial charge < -0.3 is 4.90 Å². The molecule has 1 aliphatic carbocycles. The van der Waals surface area contributed by atoms with Gasteiger partial charge in [0.05, 0.1) is 5.75 Å². The highest BCUT2D eigenvalue weighted by atomic mass is 32.2. The van der Waals surface area contributed by atoms with E-state index in [2.05, 4.69) is 0 Å². The van der Waals surface area contributed by atoms with Gasteiger partial charge in [0, 0.05) is 25.9 Å². The highest BCUT2D eigenvalue weighted by Crippen LogP contribution is 2.27. The van der Waals surface area contributed by atoms with Crippen LogP contribution in [0.3, 0.4) is 0 Å². The minimum atomic E-state index is 0.223. The highest BCUT2D eigenvalue weighted by Gasteiger charge is 2.21. The molecule has 1 saturated heterocycles. The number of piperidine rings is 1. The Labute approximate surface area is 107 Å². The van der Waals surface area contributed by atoms with Crippen LogP contribution in [-0.2, 0) is 9.59 Å². The molecule has 4 heteroatoms. The molecule has 0 aromatic rings. The second-order valence-electron chi connectivity index (χ2n) is 5.09. The van der Waals surface area contributed by atoms with Crippen LogP contribution in [0.1, 0.15) is 38.5 Å². The van der Waals surface area contributed by atoms with Gasteiger partial charge in [-0.1, -0.05) is 12.8 Å². The monoisotopic (exact) mass is 255 g/mol. The summed E-state index contributed by atoms with van der Waals surface area (Å²) in [5.74, 6) is 3.10. The number of hydrogen-bond donors (Lipinski definition) is 0. The van der Waals surface area contributed by atoms with Gasteiger partial charge in [-0.2, -0.15) is 11.8 Å². The molecule has 2 fully saturated rings. The number of hydrogen-bond acceptors (Lipinski definition) is 3. The molecule has 0 aromatic heterocycles. The third kappa shape index (κ3) is 4.02. The van der Waals surface area contributed by atoms with Crippen LogP contribution < -0.4 is 0 Å². The van der Waals surface area contributed by atoms with Crippen LogP contribution in [0.4, 0.5) is 0 Å². The smallest absolute Gasteiger partial charge is 0.232 e. The fourth-order valence-electron chi connectivity index (χ4n) is 2.59. The summed E-state index contributed by atoms with van der Waals surface area (Å²) in [5, 5.41) is 0. The van der Waals surface area contributed by atoms with E-state index in [9.17, 15) is 9.59 Å². The van der Waals surface area contributed by atoms with Gasteiger partial charge >= 0.3 is 0 Å². The van der Waals surface area contributed by atoms with E-state index >= 15 is 0 Å². The Morgan fingerprint density at radius 3 is 2.53 bits per heavy atom. The summed E-state index contributed by atoms with van der Waals surface area (Å²) in [6, 6.07) is 0. The molecule has 1 heterocycles. The topological polar surface area (TPSA) is 37.4 Å². The van der Waals surface area contributed by atoms with Crippen molar-refractivity contribution >= 4 is 23.5 Å². The first-order valence-corrected chi connectivity index (χ1v) is 7.78. The van der Waals surface area contributed by atoms with Crippen LogP contribution in [0.5, 0.6) is 0 Å². The van der Waals surface area contributed by atoms with E-state index in [0.29, 0.717) is 37.5 Å². The quantitative estimate of drug-likeness (QED) is 0.772. The standard InChI is InChI=1S/C13H21NO2S/c15-12-5-7-14(8-6-12)13(16)10-17-9-11-3-1-2-4-11/h11H,1-10H2. The van der Waals surface area contributed by atoms with Gasteiger partial charge in [-0.15, -0.1) is 0 Å². The minimum Gasteiger partial charge on any atom is -0.341 e. The Morgan fingerprint density at radius 2 is 1.88 bits per heavy atom. The van der Waals surface area contributed by atoms with Crippen molar-refractivity contribution in [1.29, 1.82) is 0 Å². The molecular formula is C13H21NO2S. The molecule has 0 atom stereocenters. The van der Waals surface area contributed by atoms with Crippen molar-refractivity contribution in [3.63, 3.8) is 0 Å². The second kappa shape index (κ2) is 6.43. The Morgan fingerprint density at radius 1 is 1.24 bits per heavy atom. The lowest BCUT2D eigenvalue weighted by Gasteiger charge is -2.26. The third-order valence-corrected chi connectivity index (χ3v) is 4.89. The zero-order valence-corrected chi connectivity index (χ0v) is 11.1. The largest absolute Gasteiger partial charge is 0.341 e. The van der Waals surface area contributed by atoms with Gasteiger partial charge in [-0.3, -0.25) is 9.59 Å². The minimum absolute atomic E-state index is 0.223. The van der Waals surface area contributed by atoms with Gasteiger partial charge in [0.2, 0.25) is 5.91 Å². The predicted molar refractivity (Wildman–Crippen MR) is 70.1 cm³/mol. The molecule has 3 nitrogen and oxygen atoms in total. The van der Waals surface area contributed by atoms with Crippen LogP contribution in [0.15, 0.2) is 0 Å². The molecule has 1 aliphatic heterocycles. The molecule has 96 valence electrons. The molecule has 0 unspecified atom stereocenters. The first kappa shape index (κ1) is 12.9. The van der Waals surface area contributed by atoms with E-state index in [-0.39, 0.29) is 5.91 Å². The molecule has 0 spiro atoms. The molecule has 0 radical (unpaired) electrons. The van der Waals surface area contributed by atoms with E-state index in [1.807, 2.05) is 4.90 Å². The number of carbonyl (C=O) groups excluding carboxylic acids is 2. The number of Topliss-reactive ketones (excluding diaryl/α,β-unsaturated/α-hetero) is 1. The number of thioether (sulfide) groups is 1. The van der Waals surface area contributed by atoms with Gasteiger partial charge in [-0.05, 0) is 24.5 Å². The summed E-state index contributed by atoms with van der Waals surface area (Å²) in [6.45, 7) is 1.28. The normalized spacial score (nSPS) is 22.1. The Balaban J connectivity index is 1.61. The van der Waals surface area contributed by atoms with Crippen LogP contribution in [0, 0.1) is 5.92 Å². The fraction of sp³-hybridized carbons (Fsp3) is 0.846. The van der Waals surface area contributed by atoms with E-state index in [1.54, 1.807) is 11.8 Å². The molecule has 2 rings (SSSR count). The maximum absolute atomic E-state index is 11.9. The third-order valence-electron chi connectivity index (χ3n) is 3.73. The Kier molecular flexibility index (Phi) is 4.89. The Hall–Kier alpha value is -0.510. The number of carbonyl (C=O) groups is 2. The Bertz CT molecular complexity index is 277. The van der Waals surface area contributed by atoms with Crippen LogP contribution in [0.25, 0.3) is 0 Å². The number of amides is 1. The molecule has 1 amide bonds. The van der Waals surface area contributed by atoms with E-state index in [0.717, 1.165) is 11.7 Å². The number of likely N-dealkylation sites (tertiary alicyclic amines) is 1. The summed E-state index contributed by atoms with van der Waals surface area (Å²) in [4.78, 5) is 24.8. The summed E-state index contributed by atoms with van der Waals surface area (Å²) in [6.07, 6.45) is 6.54. The van der Waals surface area contributed by atoms with Gasteiger partial charge in [0.25, 0.3) is 0 Å². The van der Waals surface area contributed by atoms with Crippen molar-refractivity contribution in [2.24, 2.45) is 5.92 Å². The van der Waals surface area contributed by atoms with Gasteiger partial charge in [0.1, 0.15) is 5.78 Å². The molecule has 1 saturated carbocycles. The summed E-state index contributed by atoms with van der Waals surface area (Å²) in [5.41, 5.74) is 0. The summed E-state index contributed by atoms with van der Waals surface area (Å²) >= 11 is 1.78. The molecule has 0 N–H and O–H groups in total. The first-order chi connectivity index (χ1) is 8.25. The van der Waals surface area contributed by atoms with Gasteiger partial charge in [-0.25, -0.2) is 0 Å². The van der Waals surface area contributed by atoms with Crippen LogP contribution in [-0.4, -0.2) is 41.2 Å². The van der Waals surface area contributed by atoms with E-state index in [4.69, 9.17) is 0 Å². The lowest BCUT2D eigenvalue weighted by molar-refractivity contribution is -0.132. The van der Waals surface area contributed by atoms with Crippen molar-refractivity contribution in [3.8, 4) is 0 Å². The summed E-state index contributed by atoms with van der Waals surface area (Å²) in [7, 11) is 0. The van der Waals surface area contributed by atoms with E-state index < -0.39 is 0 Å². The lowest BCUT2D eigenvalue weighted by atomic mass is 10.1. The van der Waals surface area contributed by atoms with Gasteiger partial charge in [0.15, 0.2) is 0 Å². The number of rotatable bonds is 4.